The van der Waals surface area contributed by atoms with Gasteiger partial charge in [0.1, 0.15) is 0 Å². The van der Waals surface area contributed by atoms with Gasteiger partial charge in [0.15, 0.2) is 0 Å². The molecule has 3 nitrogen and oxygen atoms in total. The molecule has 2 N–H and O–H groups in total. The van der Waals surface area contributed by atoms with Crippen LogP contribution in [0.4, 0.5) is 5.69 Å². The van der Waals surface area contributed by atoms with E-state index in [-0.39, 0.29) is 0 Å². The summed E-state index contributed by atoms with van der Waals surface area (Å²) in [5.41, 5.74) is 12.9. The van der Waals surface area contributed by atoms with Gasteiger partial charge in [-0.3, -0.25) is 0 Å². The monoisotopic (exact) mass is 337 g/mol. The zero-order valence-electron chi connectivity index (χ0n) is 14.2. The minimum absolute atomic E-state index is 0.926. The highest BCUT2D eigenvalue weighted by Crippen LogP contribution is 2.23. The summed E-state index contributed by atoms with van der Waals surface area (Å²) in [7, 11) is 0. The topological polar surface area (TPSA) is 43.8 Å². The van der Waals surface area contributed by atoms with Gasteiger partial charge in [-0.2, -0.15) is 11.8 Å². The molecule has 0 saturated heterocycles. The van der Waals surface area contributed by atoms with Crippen molar-refractivity contribution in [2.24, 2.45) is 0 Å². The summed E-state index contributed by atoms with van der Waals surface area (Å²) in [6.07, 6.45) is 1.94. The number of rotatable bonds is 6. The first-order valence-corrected chi connectivity index (χ1v) is 9.31. The van der Waals surface area contributed by atoms with Gasteiger partial charge < -0.3 is 10.3 Å². The first kappa shape index (κ1) is 16.7. The number of hydrogen-bond donors (Lipinski definition) is 1. The summed E-state index contributed by atoms with van der Waals surface area (Å²) in [4.78, 5) is 4.58. The lowest BCUT2D eigenvalue weighted by atomic mass is 10.1. The fourth-order valence-electron chi connectivity index (χ4n) is 2.76. The van der Waals surface area contributed by atoms with Gasteiger partial charge in [-0.15, -0.1) is 0 Å². The zero-order valence-corrected chi connectivity index (χ0v) is 15.0. The second kappa shape index (κ2) is 7.58. The Morgan fingerprint density at radius 3 is 2.62 bits per heavy atom. The third-order valence-electron chi connectivity index (χ3n) is 4.30. The molecule has 2 aromatic carbocycles. The van der Waals surface area contributed by atoms with Gasteiger partial charge in [-0.05, 0) is 25.0 Å². The highest BCUT2D eigenvalue weighted by atomic mass is 32.2. The van der Waals surface area contributed by atoms with Crippen molar-refractivity contribution >= 4 is 17.4 Å². The van der Waals surface area contributed by atoms with Crippen molar-refractivity contribution in [1.29, 1.82) is 0 Å². The van der Waals surface area contributed by atoms with Crippen LogP contribution >= 0.6 is 11.8 Å². The van der Waals surface area contributed by atoms with Crippen molar-refractivity contribution in [3.8, 4) is 11.3 Å². The van der Waals surface area contributed by atoms with Crippen molar-refractivity contribution in [2.75, 3.05) is 11.5 Å². The first-order chi connectivity index (χ1) is 11.7. The molecule has 0 amide bonds. The average Bonchev–Trinajstić information content (AvgIpc) is 2.97. The van der Waals surface area contributed by atoms with E-state index in [1.807, 2.05) is 24.2 Å². The molecule has 3 aromatic rings. The Morgan fingerprint density at radius 1 is 1.04 bits per heavy atom. The van der Waals surface area contributed by atoms with Gasteiger partial charge in [0.05, 0.1) is 12.0 Å². The van der Waals surface area contributed by atoms with Crippen LogP contribution < -0.4 is 5.73 Å². The van der Waals surface area contributed by atoms with Crippen LogP contribution in [0.2, 0.25) is 0 Å². The molecule has 0 fully saturated rings. The SMILES string of the molecule is Cc1cccc(CSCCn2cnc(-c3ccccc3)c2C)c1N. The van der Waals surface area contributed by atoms with Crippen LogP contribution in [0.5, 0.6) is 0 Å². The van der Waals surface area contributed by atoms with Gasteiger partial charge >= 0.3 is 0 Å². The minimum Gasteiger partial charge on any atom is -0.398 e. The Kier molecular flexibility index (Phi) is 5.26. The number of nitrogens with zero attached hydrogens (tertiary/aromatic N) is 2. The van der Waals surface area contributed by atoms with Crippen molar-refractivity contribution in [3.63, 3.8) is 0 Å². The number of aryl methyl sites for hydroxylation is 2. The number of hydrogen-bond acceptors (Lipinski definition) is 3. The van der Waals surface area contributed by atoms with Crippen LogP contribution in [-0.4, -0.2) is 15.3 Å². The second-order valence-electron chi connectivity index (χ2n) is 5.94. The number of benzene rings is 2. The Bertz CT molecular complexity index is 809. The number of nitrogen functional groups attached to an aromatic ring is 1. The molecule has 1 aromatic heterocycles. The van der Waals surface area contributed by atoms with Crippen molar-refractivity contribution in [1.82, 2.24) is 9.55 Å². The Hall–Kier alpha value is -2.20. The van der Waals surface area contributed by atoms with E-state index >= 15 is 0 Å². The molecule has 0 unspecified atom stereocenters. The quantitative estimate of drug-likeness (QED) is 0.524. The standard InChI is InChI=1S/C20H23N3S/c1-15-7-6-10-18(19(15)21)13-24-12-11-23-14-22-20(16(23)2)17-8-4-3-5-9-17/h3-10,14H,11-13,21H2,1-2H3. The molecule has 1 heterocycles. The van der Waals surface area contributed by atoms with Crippen molar-refractivity contribution in [3.05, 3.63) is 71.7 Å². The molecule has 0 spiro atoms. The van der Waals surface area contributed by atoms with Crippen LogP contribution in [0.15, 0.2) is 54.9 Å². The lowest BCUT2D eigenvalue weighted by Gasteiger charge is -2.09. The molecule has 4 heteroatoms. The van der Waals surface area contributed by atoms with Gasteiger partial charge in [0.25, 0.3) is 0 Å². The second-order valence-corrected chi connectivity index (χ2v) is 7.04. The molecule has 24 heavy (non-hydrogen) atoms. The summed E-state index contributed by atoms with van der Waals surface area (Å²) in [6.45, 7) is 5.16. The van der Waals surface area contributed by atoms with Gasteiger partial charge in [0, 0.05) is 35.0 Å². The molecule has 0 radical (unpaired) electrons. The van der Waals surface area contributed by atoms with E-state index in [4.69, 9.17) is 5.73 Å². The fourth-order valence-corrected chi connectivity index (χ4v) is 3.70. The number of nitrogens with two attached hydrogens (primary N) is 1. The molecule has 0 aliphatic heterocycles. The molecule has 0 bridgehead atoms. The molecule has 3 rings (SSSR count). The van der Waals surface area contributed by atoms with E-state index in [2.05, 4.69) is 65.9 Å². The Labute approximate surface area is 147 Å². The fraction of sp³-hybridized carbons (Fsp3) is 0.250. The van der Waals surface area contributed by atoms with Crippen LogP contribution in [0.25, 0.3) is 11.3 Å². The lowest BCUT2D eigenvalue weighted by Crippen LogP contribution is -2.02. The number of anilines is 1. The maximum atomic E-state index is 6.14. The van der Waals surface area contributed by atoms with E-state index in [1.54, 1.807) is 0 Å². The number of thioether (sulfide) groups is 1. The molecular formula is C20H23N3S. The molecule has 0 saturated carbocycles. The number of aromatic nitrogens is 2. The maximum absolute atomic E-state index is 6.14. The van der Waals surface area contributed by atoms with E-state index in [9.17, 15) is 0 Å². The van der Waals surface area contributed by atoms with Crippen molar-refractivity contribution in [2.45, 2.75) is 26.1 Å². The third-order valence-corrected chi connectivity index (χ3v) is 5.28. The highest BCUT2D eigenvalue weighted by molar-refractivity contribution is 7.98. The molecule has 0 atom stereocenters. The van der Waals surface area contributed by atoms with Gasteiger partial charge in [-0.1, -0.05) is 48.5 Å². The minimum atomic E-state index is 0.926. The Balaban J connectivity index is 1.58. The summed E-state index contributed by atoms with van der Waals surface area (Å²) in [5, 5.41) is 0. The lowest BCUT2D eigenvalue weighted by molar-refractivity contribution is 0.746. The normalized spacial score (nSPS) is 10.9. The highest BCUT2D eigenvalue weighted by Gasteiger charge is 2.08. The molecular weight excluding hydrogens is 314 g/mol. The predicted molar refractivity (Wildman–Crippen MR) is 104 cm³/mol. The zero-order chi connectivity index (χ0) is 16.9. The number of imidazole rings is 1. The van der Waals surface area contributed by atoms with E-state index in [0.29, 0.717) is 0 Å². The molecule has 0 aliphatic rings. The largest absolute Gasteiger partial charge is 0.398 e. The smallest absolute Gasteiger partial charge is 0.0956 e. The number of para-hydroxylation sites is 1. The third kappa shape index (κ3) is 3.65. The van der Waals surface area contributed by atoms with Crippen LogP contribution in [0, 0.1) is 13.8 Å². The summed E-state index contributed by atoms with van der Waals surface area (Å²) in [6, 6.07) is 16.6. The molecule has 124 valence electrons. The van der Waals surface area contributed by atoms with E-state index in [1.165, 1.54) is 16.8 Å². The van der Waals surface area contributed by atoms with E-state index in [0.717, 1.165) is 35.0 Å². The van der Waals surface area contributed by atoms with Gasteiger partial charge in [-0.25, -0.2) is 4.98 Å². The van der Waals surface area contributed by atoms with Crippen LogP contribution in [-0.2, 0) is 12.3 Å². The summed E-state index contributed by atoms with van der Waals surface area (Å²) < 4.78 is 2.23. The predicted octanol–water partition coefficient (Wildman–Crippen LogP) is 4.68. The molecule has 0 aliphatic carbocycles. The van der Waals surface area contributed by atoms with E-state index < -0.39 is 0 Å². The maximum Gasteiger partial charge on any atom is 0.0956 e. The van der Waals surface area contributed by atoms with Crippen molar-refractivity contribution < 1.29 is 0 Å². The van der Waals surface area contributed by atoms with Crippen LogP contribution in [0.3, 0.4) is 0 Å². The average molecular weight is 337 g/mol. The van der Waals surface area contributed by atoms with Crippen LogP contribution in [0.1, 0.15) is 16.8 Å². The first-order valence-electron chi connectivity index (χ1n) is 8.15. The summed E-state index contributed by atoms with van der Waals surface area (Å²) in [5.74, 6) is 1.99. The van der Waals surface area contributed by atoms with Gasteiger partial charge in [0.2, 0.25) is 0 Å². The Morgan fingerprint density at radius 2 is 1.83 bits per heavy atom. The summed E-state index contributed by atoms with van der Waals surface area (Å²) >= 11 is 1.91.